The molecule has 2 N–H and O–H groups in total. The topological polar surface area (TPSA) is 93.1 Å². The van der Waals surface area contributed by atoms with Crippen LogP contribution >= 0.6 is 0 Å². The first-order chi connectivity index (χ1) is 12.3. The Morgan fingerprint density at radius 3 is 2.62 bits per heavy atom. The van der Waals surface area contributed by atoms with E-state index in [1.54, 1.807) is 31.2 Å². The van der Waals surface area contributed by atoms with Crippen LogP contribution in [0, 0.1) is 5.92 Å². The van der Waals surface area contributed by atoms with Crippen molar-refractivity contribution in [1.29, 1.82) is 0 Å². The molecule has 1 aromatic carbocycles. The Balaban J connectivity index is 2.46. The van der Waals surface area contributed by atoms with Crippen molar-refractivity contribution in [3.63, 3.8) is 0 Å². The third-order valence-corrected chi connectivity index (χ3v) is 4.32. The molecule has 0 saturated heterocycles. The number of ketones is 1. The average molecular weight is 360 g/mol. The number of phenols is 1. The van der Waals surface area contributed by atoms with Crippen LogP contribution in [0.1, 0.15) is 42.6 Å². The van der Waals surface area contributed by atoms with Gasteiger partial charge in [-0.25, -0.2) is 4.79 Å². The van der Waals surface area contributed by atoms with Gasteiger partial charge >= 0.3 is 5.97 Å². The molecule has 0 aliphatic carbocycles. The van der Waals surface area contributed by atoms with Crippen LogP contribution < -0.4 is 4.74 Å². The number of carbonyl (C=O) groups is 2. The fraction of sp³-hybridized carbons (Fsp3) is 0.400. The molecule has 1 heterocycles. The maximum Gasteiger partial charge on any atom is 0.342 e. The van der Waals surface area contributed by atoms with Gasteiger partial charge in [0.05, 0.1) is 13.2 Å². The zero-order valence-corrected chi connectivity index (χ0v) is 15.1. The van der Waals surface area contributed by atoms with Gasteiger partial charge in [0, 0.05) is 18.4 Å². The molecule has 0 unspecified atom stereocenters. The van der Waals surface area contributed by atoms with Crippen molar-refractivity contribution < 1.29 is 29.3 Å². The minimum atomic E-state index is -0.825. The van der Waals surface area contributed by atoms with Crippen molar-refractivity contribution in [2.75, 3.05) is 7.11 Å². The first kappa shape index (κ1) is 19.7. The molecule has 0 saturated carbocycles. The number of fused-ring (bicyclic) bond motifs is 1. The quantitative estimate of drug-likeness (QED) is 0.748. The van der Waals surface area contributed by atoms with E-state index < -0.39 is 18.2 Å². The third kappa shape index (κ3) is 4.95. The second-order valence-electron chi connectivity index (χ2n) is 6.40. The molecule has 6 nitrogen and oxygen atoms in total. The molecule has 3 atom stereocenters. The number of hydrogen-bond donors (Lipinski definition) is 2. The van der Waals surface area contributed by atoms with Crippen molar-refractivity contribution in [3.8, 4) is 11.5 Å². The van der Waals surface area contributed by atoms with Crippen LogP contribution in [0.3, 0.4) is 0 Å². The van der Waals surface area contributed by atoms with E-state index in [9.17, 15) is 19.8 Å². The second kappa shape index (κ2) is 8.67. The maximum atomic E-state index is 12.6. The molecule has 2 rings (SSSR count). The number of allylic oxidation sites excluding steroid dienone is 1. The van der Waals surface area contributed by atoms with Gasteiger partial charge in [0.25, 0.3) is 0 Å². The van der Waals surface area contributed by atoms with Gasteiger partial charge in [0.1, 0.15) is 23.2 Å². The van der Waals surface area contributed by atoms with Gasteiger partial charge in [-0.2, -0.15) is 0 Å². The molecular formula is C20H24O6. The van der Waals surface area contributed by atoms with Crippen LogP contribution in [-0.4, -0.2) is 41.3 Å². The van der Waals surface area contributed by atoms with Gasteiger partial charge in [-0.05, 0) is 31.1 Å². The van der Waals surface area contributed by atoms with Gasteiger partial charge in [-0.15, -0.1) is 0 Å². The van der Waals surface area contributed by atoms with Gasteiger partial charge in [0.15, 0.2) is 5.78 Å². The second-order valence-corrected chi connectivity index (χ2v) is 6.40. The van der Waals surface area contributed by atoms with E-state index >= 15 is 0 Å². The average Bonchev–Trinajstić information content (AvgIpc) is 2.58. The summed E-state index contributed by atoms with van der Waals surface area (Å²) in [5.74, 6) is -0.913. The first-order valence-corrected chi connectivity index (χ1v) is 8.49. The Bertz CT molecular complexity index is 734. The monoisotopic (exact) mass is 360 g/mol. The lowest BCUT2D eigenvalue weighted by molar-refractivity contribution is -0.116. The lowest BCUT2D eigenvalue weighted by Crippen LogP contribution is -2.22. The molecule has 0 spiro atoms. The Labute approximate surface area is 152 Å². The standard InChI is InChI=1S/C20H24O6/c1-12-7-8-16(22)10-15(21)6-4-5-14-9-17(25-3)11-18(23)19(14)20(24)26-13(12)2/h4-5,7-9,11-13,15,21,23H,6,10H2,1-3H3/b5-4+,8-7-/t12-,13-,15-/m0/s1. The Morgan fingerprint density at radius 1 is 1.19 bits per heavy atom. The summed E-state index contributed by atoms with van der Waals surface area (Å²) >= 11 is 0. The Hall–Kier alpha value is -2.60. The van der Waals surface area contributed by atoms with Crippen molar-refractivity contribution in [3.05, 3.63) is 41.5 Å². The highest BCUT2D eigenvalue weighted by Crippen LogP contribution is 2.30. The Kier molecular flexibility index (Phi) is 6.58. The van der Waals surface area contributed by atoms with Crippen molar-refractivity contribution in [2.24, 2.45) is 5.92 Å². The van der Waals surface area contributed by atoms with Crippen LogP contribution in [0.15, 0.2) is 30.4 Å². The van der Waals surface area contributed by atoms with E-state index in [1.807, 2.05) is 6.92 Å². The van der Waals surface area contributed by atoms with Gasteiger partial charge in [0.2, 0.25) is 0 Å². The SMILES string of the molecule is COc1cc(O)c2c(c1)/C=C/C[C@H](O)CC(=O)/C=C\[C@H](C)[C@H](C)OC2=O. The van der Waals surface area contributed by atoms with Crippen molar-refractivity contribution >= 4 is 17.8 Å². The summed E-state index contributed by atoms with van der Waals surface area (Å²) in [7, 11) is 1.46. The minimum Gasteiger partial charge on any atom is -0.507 e. The molecule has 1 aromatic rings. The molecule has 26 heavy (non-hydrogen) atoms. The largest absolute Gasteiger partial charge is 0.507 e. The van der Waals surface area contributed by atoms with E-state index in [2.05, 4.69) is 0 Å². The minimum absolute atomic E-state index is 0.0119. The summed E-state index contributed by atoms with van der Waals surface area (Å²) in [5, 5.41) is 20.3. The number of methoxy groups -OCH3 is 1. The highest BCUT2D eigenvalue weighted by Gasteiger charge is 2.23. The normalized spacial score (nSPS) is 27.0. The summed E-state index contributed by atoms with van der Waals surface area (Å²) in [4.78, 5) is 24.5. The van der Waals surface area contributed by atoms with E-state index in [1.165, 1.54) is 19.3 Å². The molecule has 0 amide bonds. The molecular weight excluding hydrogens is 336 g/mol. The van der Waals surface area contributed by atoms with Crippen LogP contribution in [0.25, 0.3) is 6.08 Å². The van der Waals surface area contributed by atoms with Crippen molar-refractivity contribution in [1.82, 2.24) is 0 Å². The zero-order valence-electron chi connectivity index (χ0n) is 15.1. The lowest BCUT2D eigenvalue weighted by atomic mass is 10.0. The molecule has 0 fully saturated rings. The number of aromatic hydroxyl groups is 1. The summed E-state index contributed by atoms with van der Waals surface area (Å²) < 4.78 is 10.6. The fourth-order valence-electron chi connectivity index (χ4n) is 2.58. The number of aliphatic hydroxyl groups excluding tert-OH is 1. The Morgan fingerprint density at radius 2 is 1.92 bits per heavy atom. The van der Waals surface area contributed by atoms with Crippen molar-refractivity contribution in [2.45, 2.75) is 38.9 Å². The van der Waals surface area contributed by atoms with E-state index in [0.717, 1.165) is 0 Å². The summed E-state index contributed by atoms with van der Waals surface area (Å²) in [5.41, 5.74) is 0.450. The predicted octanol–water partition coefficient (Wildman–Crippen LogP) is 2.88. The molecule has 140 valence electrons. The zero-order chi connectivity index (χ0) is 19.3. The van der Waals surface area contributed by atoms with Gasteiger partial charge < -0.3 is 19.7 Å². The number of phenolic OH excluding ortho intramolecular Hbond substituents is 1. The molecule has 0 aromatic heterocycles. The van der Waals surface area contributed by atoms with E-state index in [0.29, 0.717) is 11.3 Å². The lowest BCUT2D eigenvalue weighted by Gasteiger charge is -2.19. The van der Waals surface area contributed by atoms with Gasteiger partial charge in [-0.3, -0.25) is 4.79 Å². The number of hydrogen-bond acceptors (Lipinski definition) is 6. The van der Waals surface area contributed by atoms with E-state index in [-0.39, 0.29) is 35.9 Å². The van der Waals surface area contributed by atoms with Crippen LogP contribution in [0.4, 0.5) is 0 Å². The number of rotatable bonds is 1. The fourth-order valence-corrected chi connectivity index (χ4v) is 2.58. The van der Waals surface area contributed by atoms with Gasteiger partial charge in [-0.1, -0.05) is 25.2 Å². The molecule has 1 aliphatic heterocycles. The number of aliphatic hydroxyl groups is 1. The molecule has 0 radical (unpaired) electrons. The van der Waals surface area contributed by atoms with Crippen LogP contribution in [0.5, 0.6) is 11.5 Å². The maximum absolute atomic E-state index is 12.6. The summed E-state index contributed by atoms with van der Waals surface area (Å²) in [6.45, 7) is 3.53. The number of ether oxygens (including phenoxy) is 2. The first-order valence-electron chi connectivity index (χ1n) is 8.49. The third-order valence-electron chi connectivity index (χ3n) is 4.32. The number of cyclic esters (lactones) is 1. The smallest absolute Gasteiger partial charge is 0.342 e. The van der Waals surface area contributed by atoms with E-state index in [4.69, 9.17) is 9.47 Å². The molecule has 1 aliphatic rings. The summed E-state index contributed by atoms with van der Waals surface area (Å²) in [6, 6.07) is 2.95. The number of benzene rings is 1. The molecule has 6 heteroatoms. The van der Waals surface area contributed by atoms with Crippen LogP contribution in [0.2, 0.25) is 0 Å². The molecule has 0 bridgehead atoms. The summed E-state index contributed by atoms with van der Waals surface area (Å²) in [6.07, 6.45) is 5.22. The van der Waals surface area contributed by atoms with Crippen LogP contribution in [-0.2, 0) is 9.53 Å². The number of carbonyl (C=O) groups excluding carboxylic acids is 2. The number of esters is 1. The highest BCUT2D eigenvalue weighted by molar-refractivity contribution is 5.97. The highest BCUT2D eigenvalue weighted by atomic mass is 16.5. The predicted molar refractivity (Wildman–Crippen MR) is 97.1 cm³/mol.